The van der Waals surface area contributed by atoms with Crippen molar-refractivity contribution in [3.8, 4) is 11.3 Å². The van der Waals surface area contributed by atoms with Gasteiger partial charge in [0.25, 0.3) is 5.56 Å². The van der Waals surface area contributed by atoms with Crippen LogP contribution in [0.15, 0.2) is 40.2 Å². The molecule has 4 heterocycles. The second-order valence-corrected chi connectivity index (χ2v) is 8.59. The minimum atomic E-state index is -0.623. The van der Waals surface area contributed by atoms with Gasteiger partial charge in [-0.3, -0.25) is 18.6 Å². The van der Waals surface area contributed by atoms with E-state index in [4.69, 9.17) is 16.3 Å². The molecule has 0 spiro atoms. The molecule has 12 heteroatoms. The first-order valence-electron chi connectivity index (χ1n) is 10.5. The van der Waals surface area contributed by atoms with Crippen LogP contribution in [0.5, 0.6) is 0 Å². The number of rotatable bonds is 3. The molecule has 176 valence electrons. The molecule has 1 aliphatic rings. The van der Waals surface area contributed by atoms with Gasteiger partial charge in [-0.15, -0.1) is 0 Å². The summed E-state index contributed by atoms with van der Waals surface area (Å²) in [7, 11) is 4.70. The van der Waals surface area contributed by atoms with Gasteiger partial charge < -0.3 is 9.64 Å². The lowest BCUT2D eigenvalue weighted by atomic mass is 10.1. The Morgan fingerprint density at radius 1 is 1.15 bits per heavy atom. The SMILES string of the molecule is Cn1cc([C@H]2CN(c3nc(-c4ccc(Cl)cc4F)c4c(n3)c(=O)n(C)c(=O)n4C)CCO2)cn1. The fourth-order valence-electron chi connectivity index (χ4n) is 4.13. The van der Waals surface area contributed by atoms with Crippen molar-refractivity contribution < 1.29 is 9.13 Å². The number of hydrogen-bond donors (Lipinski definition) is 0. The lowest BCUT2D eigenvalue weighted by Crippen LogP contribution is -2.41. The van der Waals surface area contributed by atoms with E-state index in [0.717, 1.165) is 16.2 Å². The Balaban J connectivity index is 1.72. The fourth-order valence-corrected chi connectivity index (χ4v) is 4.28. The summed E-state index contributed by atoms with van der Waals surface area (Å²) in [5.41, 5.74) is 0.157. The van der Waals surface area contributed by atoms with Crippen LogP contribution in [0.4, 0.5) is 10.3 Å². The second-order valence-electron chi connectivity index (χ2n) is 8.15. The average molecular weight is 486 g/mol. The largest absolute Gasteiger partial charge is 0.370 e. The number of morpholine rings is 1. The molecule has 1 atom stereocenters. The van der Waals surface area contributed by atoms with Gasteiger partial charge in [0.05, 0.1) is 19.3 Å². The van der Waals surface area contributed by atoms with Crippen LogP contribution in [0.1, 0.15) is 11.7 Å². The van der Waals surface area contributed by atoms with Gasteiger partial charge in [0.15, 0.2) is 5.52 Å². The van der Waals surface area contributed by atoms with Crippen molar-refractivity contribution in [2.75, 3.05) is 24.6 Å². The van der Waals surface area contributed by atoms with Gasteiger partial charge in [-0.2, -0.15) is 5.10 Å². The van der Waals surface area contributed by atoms with Gasteiger partial charge in [-0.05, 0) is 18.2 Å². The molecule has 3 aromatic heterocycles. The average Bonchev–Trinajstić information content (AvgIpc) is 3.27. The lowest BCUT2D eigenvalue weighted by molar-refractivity contribution is 0.0392. The summed E-state index contributed by atoms with van der Waals surface area (Å²) >= 11 is 5.94. The van der Waals surface area contributed by atoms with E-state index >= 15 is 0 Å². The predicted molar refractivity (Wildman–Crippen MR) is 125 cm³/mol. The minimum Gasteiger partial charge on any atom is -0.370 e. The van der Waals surface area contributed by atoms with Gasteiger partial charge in [-0.1, -0.05) is 11.6 Å². The van der Waals surface area contributed by atoms with E-state index in [1.807, 2.05) is 18.1 Å². The van der Waals surface area contributed by atoms with Crippen LogP contribution in [0.3, 0.4) is 0 Å². The Bertz CT molecular complexity index is 1540. The number of fused-ring (bicyclic) bond motifs is 1. The van der Waals surface area contributed by atoms with Crippen molar-refractivity contribution in [1.29, 1.82) is 0 Å². The molecule has 0 unspecified atom stereocenters. The van der Waals surface area contributed by atoms with E-state index in [1.54, 1.807) is 10.9 Å². The summed E-state index contributed by atoms with van der Waals surface area (Å²) < 4.78 is 24.8. The third-order valence-electron chi connectivity index (χ3n) is 5.92. The molecule has 0 amide bonds. The summed E-state index contributed by atoms with van der Waals surface area (Å²) in [6, 6.07) is 4.17. The number of ether oxygens (including phenoxy) is 1. The van der Waals surface area contributed by atoms with Crippen LogP contribution < -0.4 is 16.1 Å². The highest BCUT2D eigenvalue weighted by molar-refractivity contribution is 6.30. The number of halogens is 2. The molecule has 1 aromatic carbocycles. The van der Waals surface area contributed by atoms with E-state index in [-0.39, 0.29) is 39.4 Å². The first kappa shape index (κ1) is 22.2. The van der Waals surface area contributed by atoms with Crippen molar-refractivity contribution in [3.63, 3.8) is 0 Å². The van der Waals surface area contributed by atoms with Crippen LogP contribution in [-0.2, 0) is 25.9 Å². The standard InChI is InChI=1S/C22H21ClFN7O3/c1-28-10-12(9-25-28)16-11-31(6-7-34-16)21-26-17(14-5-4-13(23)8-15(14)24)19-18(27-21)20(32)30(3)22(33)29(19)2/h4-5,8-10,16H,6-7,11H2,1-3H3/t16-/m1/s1. The third kappa shape index (κ3) is 3.66. The fraction of sp³-hybridized carbons (Fsp3) is 0.318. The Morgan fingerprint density at radius 2 is 1.94 bits per heavy atom. The molecule has 1 aliphatic heterocycles. The molecular weight excluding hydrogens is 465 g/mol. The number of nitrogens with zero attached hydrogens (tertiary/aromatic N) is 7. The van der Waals surface area contributed by atoms with Gasteiger partial charge in [0.1, 0.15) is 23.1 Å². The van der Waals surface area contributed by atoms with E-state index in [0.29, 0.717) is 19.7 Å². The van der Waals surface area contributed by atoms with E-state index < -0.39 is 17.1 Å². The topological polar surface area (TPSA) is 100 Å². The number of aromatic nitrogens is 6. The normalized spacial score (nSPS) is 16.4. The van der Waals surface area contributed by atoms with Crippen LogP contribution in [0.25, 0.3) is 22.3 Å². The maximum Gasteiger partial charge on any atom is 0.331 e. The molecule has 1 saturated heterocycles. The molecular formula is C22H21ClFN7O3. The van der Waals surface area contributed by atoms with Crippen molar-refractivity contribution in [2.24, 2.45) is 21.1 Å². The first-order chi connectivity index (χ1) is 16.2. The molecule has 10 nitrogen and oxygen atoms in total. The van der Waals surface area contributed by atoms with Crippen molar-refractivity contribution >= 4 is 28.6 Å². The molecule has 0 radical (unpaired) electrons. The maximum absolute atomic E-state index is 15.0. The van der Waals surface area contributed by atoms with Crippen molar-refractivity contribution in [2.45, 2.75) is 6.10 Å². The quantitative estimate of drug-likeness (QED) is 0.436. The Morgan fingerprint density at radius 3 is 2.65 bits per heavy atom. The van der Waals surface area contributed by atoms with E-state index in [2.05, 4.69) is 15.1 Å². The smallest absolute Gasteiger partial charge is 0.331 e. The van der Waals surface area contributed by atoms with Gasteiger partial charge in [0, 0.05) is 50.0 Å². The van der Waals surface area contributed by atoms with E-state index in [9.17, 15) is 14.0 Å². The number of anilines is 1. The molecule has 5 rings (SSSR count). The van der Waals surface area contributed by atoms with Crippen molar-refractivity contribution in [3.05, 3.63) is 67.8 Å². The van der Waals surface area contributed by atoms with Crippen LogP contribution in [0.2, 0.25) is 5.02 Å². The highest BCUT2D eigenvalue weighted by Crippen LogP contribution is 2.31. The minimum absolute atomic E-state index is 0.0170. The maximum atomic E-state index is 15.0. The molecule has 0 N–H and O–H groups in total. The zero-order valence-electron chi connectivity index (χ0n) is 18.7. The first-order valence-corrected chi connectivity index (χ1v) is 10.9. The molecule has 0 bridgehead atoms. The zero-order chi connectivity index (χ0) is 24.1. The van der Waals surface area contributed by atoms with Crippen LogP contribution in [0, 0.1) is 5.82 Å². The van der Waals surface area contributed by atoms with Crippen LogP contribution in [-0.4, -0.2) is 48.6 Å². The summed E-state index contributed by atoms with van der Waals surface area (Å²) in [5, 5.41) is 4.42. The number of benzene rings is 1. The summed E-state index contributed by atoms with van der Waals surface area (Å²) in [5.74, 6) is -0.383. The van der Waals surface area contributed by atoms with Gasteiger partial charge >= 0.3 is 5.69 Å². The molecule has 0 saturated carbocycles. The Hall–Kier alpha value is -3.57. The number of aryl methyl sites for hydroxylation is 2. The van der Waals surface area contributed by atoms with Crippen LogP contribution >= 0.6 is 11.6 Å². The lowest BCUT2D eigenvalue weighted by Gasteiger charge is -2.33. The summed E-state index contributed by atoms with van der Waals surface area (Å²) in [6.45, 7) is 1.28. The Labute approximate surface area is 197 Å². The zero-order valence-corrected chi connectivity index (χ0v) is 19.5. The second kappa shape index (κ2) is 8.33. The predicted octanol–water partition coefficient (Wildman–Crippen LogP) is 1.80. The monoisotopic (exact) mass is 485 g/mol. The summed E-state index contributed by atoms with van der Waals surface area (Å²) in [6.07, 6.45) is 3.32. The third-order valence-corrected chi connectivity index (χ3v) is 6.16. The van der Waals surface area contributed by atoms with Gasteiger partial charge in [0.2, 0.25) is 5.95 Å². The van der Waals surface area contributed by atoms with E-state index in [1.165, 1.54) is 30.8 Å². The number of hydrogen-bond acceptors (Lipinski definition) is 7. The highest BCUT2D eigenvalue weighted by Gasteiger charge is 2.27. The summed E-state index contributed by atoms with van der Waals surface area (Å²) in [4.78, 5) is 36.7. The molecule has 1 fully saturated rings. The van der Waals surface area contributed by atoms with Crippen molar-refractivity contribution in [1.82, 2.24) is 28.9 Å². The molecule has 4 aromatic rings. The molecule has 0 aliphatic carbocycles. The van der Waals surface area contributed by atoms with Gasteiger partial charge in [-0.25, -0.2) is 19.2 Å². The Kier molecular flexibility index (Phi) is 5.45. The highest BCUT2D eigenvalue weighted by atomic mass is 35.5. The molecule has 34 heavy (non-hydrogen) atoms.